The first-order valence-electron chi connectivity index (χ1n) is 11.8. The molecule has 0 spiro atoms. The van der Waals surface area contributed by atoms with E-state index in [0.29, 0.717) is 12.6 Å². The third-order valence-corrected chi connectivity index (χ3v) is 8.36. The zero-order valence-electron chi connectivity index (χ0n) is 19.1. The van der Waals surface area contributed by atoms with Gasteiger partial charge in [-0.3, -0.25) is 0 Å². The smallest absolute Gasteiger partial charge is 0.228 e. The summed E-state index contributed by atoms with van der Waals surface area (Å²) in [4.78, 5) is 6.72. The van der Waals surface area contributed by atoms with Crippen LogP contribution in [0, 0.1) is 6.92 Å². The molecule has 0 amide bonds. The van der Waals surface area contributed by atoms with Crippen LogP contribution in [0.5, 0.6) is 0 Å². The molecule has 8 heteroatoms. The van der Waals surface area contributed by atoms with Gasteiger partial charge in [-0.2, -0.15) is 0 Å². The highest BCUT2D eigenvalue weighted by Gasteiger charge is 2.34. The van der Waals surface area contributed by atoms with E-state index < -0.39 is 9.84 Å². The molecule has 6 nitrogen and oxygen atoms in total. The van der Waals surface area contributed by atoms with E-state index in [1.807, 2.05) is 42.7 Å². The Hall–Kier alpha value is -1.93. The lowest BCUT2D eigenvalue weighted by Gasteiger charge is -2.30. The maximum Gasteiger partial charge on any atom is 0.228 e. The van der Waals surface area contributed by atoms with Crippen LogP contribution < -0.4 is 5.32 Å². The molecule has 2 aliphatic rings. The molecule has 2 aliphatic carbocycles. The molecule has 1 aromatic heterocycles. The molecule has 0 unspecified atom stereocenters. The number of benzene rings is 1. The van der Waals surface area contributed by atoms with Crippen molar-refractivity contribution >= 4 is 27.2 Å². The zero-order chi connectivity index (χ0) is 22.7. The quantitative estimate of drug-likeness (QED) is 0.567. The van der Waals surface area contributed by atoms with Crippen LogP contribution >= 0.6 is 12.2 Å². The topological polar surface area (TPSA) is 67.2 Å². The van der Waals surface area contributed by atoms with E-state index in [1.54, 1.807) is 6.20 Å². The number of imidazole rings is 1. The molecule has 4 rings (SSSR count). The summed E-state index contributed by atoms with van der Waals surface area (Å²) < 4.78 is 29.1. The van der Waals surface area contributed by atoms with Crippen molar-refractivity contribution in [2.24, 2.45) is 0 Å². The van der Waals surface area contributed by atoms with Crippen molar-refractivity contribution in [3.8, 4) is 0 Å². The highest BCUT2D eigenvalue weighted by molar-refractivity contribution is 7.90. The molecule has 174 valence electrons. The first-order valence-corrected chi connectivity index (χ1v) is 13.8. The van der Waals surface area contributed by atoms with Crippen LogP contribution in [0.3, 0.4) is 0 Å². The molecular formula is C24H34N4O2S2. The minimum Gasteiger partial charge on any atom is -0.363 e. The molecule has 0 saturated heterocycles. The van der Waals surface area contributed by atoms with Crippen molar-refractivity contribution in [3.63, 3.8) is 0 Å². The second-order valence-corrected chi connectivity index (χ2v) is 11.4. The van der Waals surface area contributed by atoms with Gasteiger partial charge in [-0.1, -0.05) is 49.1 Å². The lowest BCUT2D eigenvalue weighted by Crippen LogP contribution is -2.41. The van der Waals surface area contributed by atoms with E-state index >= 15 is 0 Å². The summed E-state index contributed by atoms with van der Waals surface area (Å²) >= 11 is 5.64. The number of aryl methyl sites for hydroxylation is 1. The van der Waals surface area contributed by atoms with Crippen LogP contribution in [0.2, 0.25) is 0 Å². The van der Waals surface area contributed by atoms with E-state index in [0.717, 1.165) is 67.0 Å². The van der Waals surface area contributed by atoms with Gasteiger partial charge in [0.05, 0.1) is 24.2 Å². The third-order valence-electron chi connectivity index (χ3n) is 6.41. The molecule has 0 radical (unpaired) electrons. The maximum atomic E-state index is 13.5. The molecule has 0 bridgehead atoms. The number of hydrogen-bond donors (Lipinski definition) is 1. The van der Waals surface area contributed by atoms with E-state index in [-0.39, 0.29) is 17.0 Å². The van der Waals surface area contributed by atoms with Crippen LogP contribution in [-0.4, -0.2) is 40.6 Å². The summed E-state index contributed by atoms with van der Waals surface area (Å²) in [6.07, 6.45) is 9.48. The van der Waals surface area contributed by atoms with E-state index in [9.17, 15) is 8.42 Å². The standard InChI is InChI=1S/C24H34N4O2S2/c1-3-25-23(31)27(20-12-13-20)16-22-15-26-24(28(22)21-10-5-4-6-11-21)32(29,30)17-19-9-7-8-18(2)14-19/h7-9,14-15,20-21H,3-6,10-13,16-17H2,1-2H3,(H,25,31). The van der Waals surface area contributed by atoms with Crippen LogP contribution in [0.4, 0.5) is 0 Å². The highest BCUT2D eigenvalue weighted by Crippen LogP contribution is 2.34. The lowest BCUT2D eigenvalue weighted by molar-refractivity contribution is 0.309. The SMILES string of the molecule is CCNC(=S)N(Cc1cnc(S(=O)(=O)Cc2cccc(C)c2)n1C1CCCCC1)C1CC1. The minimum absolute atomic E-state index is 0.0278. The van der Waals surface area contributed by atoms with Crippen LogP contribution in [-0.2, 0) is 22.1 Å². The summed E-state index contributed by atoms with van der Waals surface area (Å²) in [5.74, 6) is -0.0278. The first kappa shape index (κ1) is 23.2. The largest absolute Gasteiger partial charge is 0.363 e. The molecule has 2 fully saturated rings. The van der Waals surface area contributed by atoms with Crippen molar-refractivity contribution < 1.29 is 8.42 Å². The number of nitrogens with one attached hydrogen (secondary N) is 1. The van der Waals surface area contributed by atoms with E-state index in [2.05, 4.69) is 15.2 Å². The zero-order valence-corrected chi connectivity index (χ0v) is 20.7. The van der Waals surface area contributed by atoms with Crippen LogP contribution in [0.25, 0.3) is 0 Å². The normalized spacial score (nSPS) is 17.3. The molecule has 2 aromatic rings. The monoisotopic (exact) mass is 474 g/mol. The molecule has 2 saturated carbocycles. The van der Waals surface area contributed by atoms with Crippen molar-refractivity contribution in [1.82, 2.24) is 19.8 Å². The van der Waals surface area contributed by atoms with Gasteiger partial charge < -0.3 is 14.8 Å². The van der Waals surface area contributed by atoms with Gasteiger partial charge in [-0.25, -0.2) is 13.4 Å². The van der Waals surface area contributed by atoms with Crippen molar-refractivity contribution in [2.75, 3.05) is 6.54 Å². The van der Waals surface area contributed by atoms with E-state index in [1.165, 1.54) is 6.42 Å². The number of aromatic nitrogens is 2. The number of rotatable bonds is 8. The fraction of sp³-hybridized carbons (Fsp3) is 0.583. The molecular weight excluding hydrogens is 440 g/mol. The predicted octanol–water partition coefficient (Wildman–Crippen LogP) is 4.53. The third kappa shape index (κ3) is 5.34. The number of nitrogens with zero attached hydrogens (tertiary/aromatic N) is 3. The summed E-state index contributed by atoms with van der Waals surface area (Å²) in [5.41, 5.74) is 2.82. The van der Waals surface area contributed by atoms with Gasteiger partial charge in [0.2, 0.25) is 15.0 Å². The summed E-state index contributed by atoms with van der Waals surface area (Å²) in [6, 6.07) is 8.32. The van der Waals surface area contributed by atoms with E-state index in [4.69, 9.17) is 12.2 Å². The number of hydrogen-bond acceptors (Lipinski definition) is 4. The Balaban J connectivity index is 1.68. The number of sulfone groups is 1. The molecule has 1 heterocycles. The van der Waals surface area contributed by atoms with Crippen LogP contribution in [0.1, 0.15) is 74.7 Å². The fourth-order valence-electron chi connectivity index (χ4n) is 4.72. The summed E-state index contributed by atoms with van der Waals surface area (Å²) in [7, 11) is -3.58. The van der Waals surface area contributed by atoms with Gasteiger partial charge in [0.25, 0.3) is 0 Å². The highest BCUT2D eigenvalue weighted by atomic mass is 32.2. The number of thiocarbonyl (C=S) groups is 1. The lowest BCUT2D eigenvalue weighted by atomic mass is 9.95. The van der Waals surface area contributed by atoms with Gasteiger partial charge >= 0.3 is 0 Å². The molecule has 0 atom stereocenters. The summed E-state index contributed by atoms with van der Waals surface area (Å²) in [5, 5.41) is 4.23. The molecule has 32 heavy (non-hydrogen) atoms. The summed E-state index contributed by atoms with van der Waals surface area (Å²) in [6.45, 7) is 5.40. The second kappa shape index (κ2) is 9.91. The van der Waals surface area contributed by atoms with Crippen molar-refractivity contribution in [2.45, 2.75) is 88.3 Å². The Kier molecular flexibility index (Phi) is 7.20. The first-order chi connectivity index (χ1) is 15.4. The molecule has 1 aromatic carbocycles. The minimum atomic E-state index is -3.58. The Labute approximate surface area is 197 Å². The van der Waals surface area contributed by atoms with Gasteiger partial charge in [-0.15, -0.1) is 0 Å². The Bertz CT molecular complexity index is 1050. The van der Waals surface area contributed by atoms with Gasteiger partial charge in [0.1, 0.15) is 0 Å². The Morgan fingerprint density at radius 2 is 1.97 bits per heavy atom. The second-order valence-electron chi connectivity index (χ2n) is 9.14. The van der Waals surface area contributed by atoms with Gasteiger partial charge in [0.15, 0.2) is 5.11 Å². The average Bonchev–Trinajstić information content (AvgIpc) is 3.50. The Morgan fingerprint density at radius 1 is 1.22 bits per heavy atom. The van der Waals surface area contributed by atoms with Crippen molar-refractivity contribution in [3.05, 3.63) is 47.3 Å². The Morgan fingerprint density at radius 3 is 2.62 bits per heavy atom. The maximum absolute atomic E-state index is 13.5. The van der Waals surface area contributed by atoms with Gasteiger partial charge in [0, 0.05) is 18.6 Å². The molecule has 0 aliphatic heterocycles. The van der Waals surface area contributed by atoms with Gasteiger partial charge in [-0.05, 0) is 57.3 Å². The molecule has 1 N–H and O–H groups in total. The fourth-order valence-corrected chi connectivity index (χ4v) is 6.60. The van der Waals surface area contributed by atoms with Crippen LogP contribution in [0.15, 0.2) is 35.6 Å². The predicted molar refractivity (Wildman–Crippen MR) is 131 cm³/mol. The van der Waals surface area contributed by atoms with Crippen molar-refractivity contribution in [1.29, 1.82) is 0 Å². The average molecular weight is 475 g/mol.